The van der Waals surface area contributed by atoms with E-state index in [1.807, 2.05) is 0 Å². The molecule has 0 aliphatic heterocycles. The van der Waals surface area contributed by atoms with Crippen LogP contribution in [0.25, 0.3) is 0 Å². The zero-order valence-electron chi connectivity index (χ0n) is 7.63. The Morgan fingerprint density at radius 2 is 2.13 bits per heavy atom. The van der Waals surface area contributed by atoms with E-state index in [-0.39, 0.29) is 16.5 Å². The molecule has 0 radical (unpaired) electrons. The molecule has 1 aromatic rings. The molecule has 0 aromatic carbocycles. The van der Waals surface area contributed by atoms with Gasteiger partial charge in [-0.05, 0) is 19.1 Å². The van der Waals surface area contributed by atoms with Crippen LogP contribution in [-0.2, 0) is 4.74 Å². The molecular weight excluding hydrogens is 233 g/mol. The van der Waals surface area contributed by atoms with Crippen LogP contribution in [0.2, 0.25) is 0 Å². The van der Waals surface area contributed by atoms with Crippen LogP contribution in [-0.4, -0.2) is 18.9 Å². The molecule has 0 saturated carbocycles. The van der Waals surface area contributed by atoms with Crippen LogP contribution >= 0.6 is 11.3 Å². The fraction of sp³-hybridized carbons (Fsp3) is 0.375. The molecule has 0 bridgehead atoms. The van der Waals surface area contributed by atoms with E-state index in [1.54, 1.807) is 6.92 Å². The summed E-state index contributed by atoms with van der Waals surface area (Å²) < 4.78 is 43.5. The highest BCUT2D eigenvalue weighted by atomic mass is 32.1. The topological polar surface area (TPSA) is 35.5 Å². The molecule has 7 heteroatoms. The Morgan fingerprint density at radius 1 is 1.47 bits per heavy atom. The third-order valence-electron chi connectivity index (χ3n) is 1.27. The minimum Gasteiger partial charge on any atom is -0.462 e. The summed E-state index contributed by atoms with van der Waals surface area (Å²) in [4.78, 5) is 11.2. The molecule has 0 unspecified atom stereocenters. The second-order valence-electron chi connectivity index (χ2n) is 2.39. The molecule has 15 heavy (non-hydrogen) atoms. The zero-order chi connectivity index (χ0) is 11.5. The maximum atomic E-state index is 11.8. The number of alkyl halides is 3. The molecular formula is C8H7F3O3S. The number of thiophene rings is 1. The second-order valence-corrected chi connectivity index (χ2v) is 3.43. The van der Waals surface area contributed by atoms with Crippen molar-refractivity contribution < 1.29 is 27.4 Å². The van der Waals surface area contributed by atoms with Crippen molar-refractivity contribution in [2.24, 2.45) is 0 Å². The maximum absolute atomic E-state index is 11.8. The summed E-state index contributed by atoms with van der Waals surface area (Å²) in [6, 6.07) is 2.30. The zero-order valence-corrected chi connectivity index (χ0v) is 8.45. The molecule has 0 spiro atoms. The SMILES string of the molecule is CCOC(=O)c1ccc(OC(F)(F)F)s1. The Morgan fingerprint density at radius 3 is 2.67 bits per heavy atom. The molecule has 0 aliphatic carbocycles. The lowest BCUT2D eigenvalue weighted by molar-refractivity contribution is -0.273. The molecule has 84 valence electrons. The van der Waals surface area contributed by atoms with Gasteiger partial charge >= 0.3 is 12.3 Å². The van der Waals surface area contributed by atoms with E-state index in [4.69, 9.17) is 0 Å². The van der Waals surface area contributed by atoms with Gasteiger partial charge in [0.2, 0.25) is 0 Å². The van der Waals surface area contributed by atoms with Crippen LogP contribution in [0, 0.1) is 0 Å². The van der Waals surface area contributed by atoms with Gasteiger partial charge in [0.05, 0.1) is 6.61 Å². The summed E-state index contributed by atoms with van der Waals surface area (Å²) in [6.45, 7) is 1.78. The molecule has 1 rings (SSSR count). The normalized spacial score (nSPS) is 11.2. The minimum atomic E-state index is -4.74. The number of carbonyl (C=O) groups is 1. The van der Waals surface area contributed by atoms with E-state index in [1.165, 1.54) is 6.07 Å². The summed E-state index contributed by atoms with van der Waals surface area (Å²) in [5.74, 6) is -0.653. The lowest BCUT2D eigenvalue weighted by Crippen LogP contribution is -2.16. The second kappa shape index (κ2) is 4.52. The van der Waals surface area contributed by atoms with Crippen molar-refractivity contribution in [3.8, 4) is 5.06 Å². The predicted molar refractivity (Wildman–Crippen MR) is 47.0 cm³/mol. The van der Waals surface area contributed by atoms with E-state index in [2.05, 4.69) is 9.47 Å². The van der Waals surface area contributed by atoms with E-state index in [0.29, 0.717) is 11.3 Å². The van der Waals surface area contributed by atoms with Crippen LogP contribution in [0.3, 0.4) is 0 Å². The van der Waals surface area contributed by atoms with Gasteiger partial charge in [0.25, 0.3) is 0 Å². The van der Waals surface area contributed by atoms with Crippen LogP contribution < -0.4 is 4.74 Å². The molecule has 0 fully saturated rings. The van der Waals surface area contributed by atoms with Gasteiger partial charge in [0.1, 0.15) is 4.88 Å². The largest absolute Gasteiger partial charge is 0.573 e. The molecule has 0 N–H and O–H groups in total. The lowest BCUT2D eigenvalue weighted by Gasteiger charge is -2.04. The molecule has 1 heterocycles. The van der Waals surface area contributed by atoms with Crippen molar-refractivity contribution in [2.75, 3.05) is 6.61 Å². The van der Waals surface area contributed by atoms with Gasteiger partial charge in [-0.25, -0.2) is 4.79 Å². The van der Waals surface area contributed by atoms with Gasteiger partial charge in [-0.3, -0.25) is 0 Å². The highest BCUT2D eigenvalue weighted by molar-refractivity contribution is 7.15. The van der Waals surface area contributed by atoms with Crippen LogP contribution in [0.4, 0.5) is 13.2 Å². The van der Waals surface area contributed by atoms with Gasteiger partial charge in [-0.1, -0.05) is 11.3 Å². The quantitative estimate of drug-likeness (QED) is 0.762. The van der Waals surface area contributed by atoms with Gasteiger partial charge in [-0.2, -0.15) is 0 Å². The van der Waals surface area contributed by atoms with Crippen molar-refractivity contribution in [1.29, 1.82) is 0 Å². The van der Waals surface area contributed by atoms with Crippen molar-refractivity contribution in [1.82, 2.24) is 0 Å². The van der Waals surface area contributed by atoms with Crippen molar-refractivity contribution in [3.05, 3.63) is 17.0 Å². The van der Waals surface area contributed by atoms with Crippen LogP contribution in [0.5, 0.6) is 5.06 Å². The Kier molecular flexibility index (Phi) is 3.57. The number of hydrogen-bond acceptors (Lipinski definition) is 4. The molecule has 0 atom stereocenters. The van der Waals surface area contributed by atoms with Gasteiger partial charge in [0, 0.05) is 0 Å². The first-order chi connectivity index (χ1) is 6.92. The summed E-state index contributed by atoms with van der Waals surface area (Å²) in [5, 5.41) is -0.384. The van der Waals surface area contributed by atoms with Gasteiger partial charge in [-0.15, -0.1) is 13.2 Å². The summed E-state index contributed by atoms with van der Waals surface area (Å²) in [7, 11) is 0. The number of ether oxygens (including phenoxy) is 2. The third-order valence-corrected chi connectivity index (χ3v) is 2.22. The average molecular weight is 240 g/mol. The Labute approximate surface area is 87.4 Å². The summed E-state index contributed by atoms with van der Waals surface area (Å²) in [5.41, 5.74) is 0. The predicted octanol–water partition coefficient (Wildman–Crippen LogP) is 2.82. The maximum Gasteiger partial charge on any atom is 0.573 e. The third kappa shape index (κ3) is 3.78. The average Bonchev–Trinajstić information content (AvgIpc) is 2.50. The van der Waals surface area contributed by atoms with Crippen molar-refractivity contribution in [2.45, 2.75) is 13.3 Å². The highest BCUT2D eigenvalue weighted by Gasteiger charge is 2.32. The van der Waals surface area contributed by atoms with Crippen LogP contribution in [0.1, 0.15) is 16.6 Å². The van der Waals surface area contributed by atoms with E-state index in [0.717, 1.165) is 6.07 Å². The smallest absolute Gasteiger partial charge is 0.462 e. The molecule has 1 aromatic heterocycles. The van der Waals surface area contributed by atoms with E-state index in [9.17, 15) is 18.0 Å². The Hall–Kier alpha value is -1.24. The number of halogens is 3. The fourth-order valence-electron chi connectivity index (χ4n) is 0.801. The number of hydrogen-bond donors (Lipinski definition) is 0. The molecule has 0 amide bonds. The highest BCUT2D eigenvalue weighted by Crippen LogP contribution is 2.30. The first-order valence-electron chi connectivity index (χ1n) is 3.95. The number of carbonyl (C=O) groups excluding carboxylic acids is 1. The molecule has 0 saturated heterocycles. The van der Waals surface area contributed by atoms with Crippen molar-refractivity contribution in [3.63, 3.8) is 0 Å². The molecule has 0 aliphatic rings. The fourth-order valence-corrected chi connectivity index (χ4v) is 1.57. The number of esters is 1. The standard InChI is InChI=1S/C8H7F3O3S/c1-2-13-7(12)5-3-4-6(15-5)14-8(9,10)11/h3-4H,2H2,1H3. The summed E-state index contributed by atoms with van der Waals surface area (Å²) in [6.07, 6.45) is -4.74. The minimum absolute atomic E-state index is 0.0797. The Balaban J connectivity index is 2.68. The summed E-state index contributed by atoms with van der Waals surface area (Å²) >= 11 is 0.591. The van der Waals surface area contributed by atoms with Gasteiger partial charge in [0.15, 0.2) is 5.06 Å². The first-order valence-corrected chi connectivity index (χ1v) is 4.76. The van der Waals surface area contributed by atoms with E-state index < -0.39 is 12.3 Å². The van der Waals surface area contributed by atoms with E-state index >= 15 is 0 Å². The number of rotatable bonds is 3. The lowest BCUT2D eigenvalue weighted by atomic mass is 10.5. The molecule has 3 nitrogen and oxygen atoms in total. The Bertz CT molecular complexity index is 345. The van der Waals surface area contributed by atoms with Crippen LogP contribution in [0.15, 0.2) is 12.1 Å². The monoisotopic (exact) mass is 240 g/mol. The van der Waals surface area contributed by atoms with Gasteiger partial charge < -0.3 is 9.47 Å². The van der Waals surface area contributed by atoms with Crippen molar-refractivity contribution >= 4 is 17.3 Å². The first kappa shape index (κ1) is 11.8.